The molecule has 94 valence electrons. The van der Waals surface area contributed by atoms with Gasteiger partial charge in [-0.2, -0.15) is 0 Å². The molecule has 0 unspecified atom stereocenters. The van der Waals surface area contributed by atoms with Crippen molar-refractivity contribution in [3.63, 3.8) is 0 Å². The molecule has 16 heavy (non-hydrogen) atoms. The zero-order valence-electron chi connectivity index (χ0n) is 10.7. The highest BCUT2D eigenvalue weighted by Gasteiger charge is 2.30. The molecule has 1 fully saturated rings. The first kappa shape index (κ1) is 13.5. The second-order valence-electron chi connectivity index (χ2n) is 5.21. The molecule has 3 atom stereocenters. The van der Waals surface area contributed by atoms with Crippen molar-refractivity contribution in [3.8, 4) is 0 Å². The minimum atomic E-state index is -0.0415. The molecule has 4 heteroatoms. The quantitative estimate of drug-likeness (QED) is 0.430. The molecule has 0 aromatic carbocycles. The number of piperidine rings is 1. The minimum absolute atomic E-state index is 0.0387. The zero-order chi connectivity index (χ0) is 12.1. The second kappa shape index (κ2) is 6.21. The molecule has 0 saturated carbocycles. The molecule has 1 aliphatic heterocycles. The third-order valence-corrected chi connectivity index (χ3v) is 3.34. The highest BCUT2D eigenvalue weighted by atomic mass is 16.2. The molecule has 0 bridgehead atoms. The Bertz CT molecular complexity index is 222. The van der Waals surface area contributed by atoms with Crippen LogP contribution in [0.25, 0.3) is 0 Å². The normalized spacial score (nSPS) is 28.8. The van der Waals surface area contributed by atoms with Gasteiger partial charge in [-0.05, 0) is 24.7 Å². The summed E-state index contributed by atoms with van der Waals surface area (Å²) in [4.78, 5) is 14.0. The molecule has 0 aromatic rings. The first-order chi connectivity index (χ1) is 7.58. The molecule has 1 aliphatic rings. The van der Waals surface area contributed by atoms with Gasteiger partial charge in [0.25, 0.3) is 5.91 Å². The number of hydrogen-bond donors (Lipinski definition) is 2. The monoisotopic (exact) mass is 227 g/mol. The largest absolute Gasteiger partial charge is 0.293 e. The maximum Gasteiger partial charge on any atom is 0.251 e. The van der Waals surface area contributed by atoms with Gasteiger partial charge >= 0.3 is 0 Å². The summed E-state index contributed by atoms with van der Waals surface area (Å²) in [6.45, 7) is 8.65. The van der Waals surface area contributed by atoms with Gasteiger partial charge in [0.15, 0.2) is 0 Å². The predicted octanol–water partition coefficient (Wildman–Crippen LogP) is 1.12. The number of nitrogens with zero attached hydrogens (tertiary/aromatic N) is 1. The average molecular weight is 227 g/mol. The Morgan fingerprint density at radius 2 is 2.00 bits per heavy atom. The van der Waals surface area contributed by atoms with E-state index in [-0.39, 0.29) is 11.9 Å². The van der Waals surface area contributed by atoms with E-state index in [1.165, 1.54) is 6.42 Å². The number of hydrazine groups is 1. The molecule has 1 saturated heterocycles. The van der Waals surface area contributed by atoms with E-state index < -0.39 is 0 Å². The van der Waals surface area contributed by atoms with E-state index in [9.17, 15) is 4.79 Å². The van der Waals surface area contributed by atoms with E-state index in [1.807, 2.05) is 0 Å². The Labute approximate surface area is 98.5 Å². The van der Waals surface area contributed by atoms with E-state index in [4.69, 9.17) is 5.84 Å². The lowest BCUT2D eigenvalue weighted by Gasteiger charge is -2.39. The lowest BCUT2D eigenvalue weighted by molar-refractivity contribution is -0.128. The predicted molar refractivity (Wildman–Crippen MR) is 65.5 cm³/mol. The van der Waals surface area contributed by atoms with Gasteiger partial charge in [-0.1, -0.05) is 27.2 Å². The van der Waals surface area contributed by atoms with Crippen LogP contribution in [0.2, 0.25) is 0 Å². The Kier molecular flexibility index (Phi) is 5.22. The molecule has 0 spiro atoms. The number of carbonyl (C=O) groups is 1. The summed E-state index contributed by atoms with van der Waals surface area (Å²) in [6, 6.07) is -0.0415. The first-order valence-electron chi connectivity index (χ1n) is 6.33. The zero-order valence-corrected chi connectivity index (χ0v) is 10.7. The third-order valence-electron chi connectivity index (χ3n) is 3.34. The Hall–Kier alpha value is -0.610. The van der Waals surface area contributed by atoms with Gasteiger partial charge in [0.05, 0.1) is 6.04 Å². The number of nitrogens with one attached hydrogen (secondary N) is 1. The molecular formula is C12H25N3O. The van der Waals surface area contributed by atoms with Crippen molar-refractivity contribution < 1.29 is 4.79 Å². The summed E-state index contributed by atoms with van der Waals surface area (Å²) >= 11 is 0. The van der Waals surface area contributed by atoms with Gasteiger partial charge in [0, 0.05) is 13.1 Å². The Morgan fingerprint density at radius 3 is 2.44 bits per heavy atom. The van der Waals surface area contributed by atoms with Crippen LogP contribution >= 0.6 is 0 Å². The van der Waals surface area contributed by atoms with E-state index in [0.29, 0.717) is 11.8 Å². The summed E-state index contributed by atoms with van der Waals surface area (Å²) in [5, 5.41) is 0. The highest BCUT2D eigenvalue weighted by molar-refractivity contribution is 5.81. The van der Waals surface area contributed by atoms with Crippen LogP contribution in [0.1, 0.15) is 40.0 Å². The lowest BCUT2D eigenvalue weighted by Crippen LogP contribution is -2.53. The van der Waals surface area contributed by atoms with Crippen LogP contribution in [0.3, 0.4) is 0 Å². The van der Waals surface area contributed by atoms with Gasteiger partial charge in [-0.3, -0.25) is 15.1 Å². The maximum atomic E-state index is 11.7. The summed E-state index contributed by atoms with van der Waals surface area (Å²) in [5.74, 6) is 6.56. The number of carbonyl (C=O) groups excluding carboxylic acids is 1. The van der Waals surface area contributed by atoms with E-state index in [0.717, 1.165) is 25.9 Å². The summed E-state index contributed by atoms with van der Waals surface area (Å²) in [7, 11) is 0. The fraction of sp³-hybridized carbons (Fsp3) is 0.917. The molecule has 1 amide bonds. The van der Waals surface area contributed by atoms with Crippen LogP contribution in [0, 0.1) is 11.8 Å². The van der Waals surface area contributed by atoms with Crippen molar-refractivity contribution in [2.24, 2.45) is 17.7 Å². The number of likely N-dealkylation sites (tertiary alicyclic amines) is 1. The standard InChI is InChI=1S/C12H25N3O/c1-4-5-11(12(16)14-13)15-7-9(2)6-10(3)8-15/h9-11H,4-8,13H2,1-3H3,(H,14,16)/t9-,10+,11-/m0/s1. The minimum Gasteiger partial charge on any atom is -0.293 e. The number of rotatable bonds is 4. The Balaban J connectivity index is 2.65. The average Bonchev–Trinajstić information content (AvgIpc) is 2.23. The van der Waals surface area contributed by atoms with Crippen molar-refractivity contribution in [1.82, 2.24) is 10.3 Å². The number of nitrogens with two attached hydrogens (primary N) is 1. The summed E-state index contributed by atoms with van der Waals surface area (Å²) in [5.41, 5.74) is 2.30. The van der Waals surface area contributed by atoms with Crippen LogP contribution in [0.15, 0.2) is 0 Å². The molecule has 4 nitrogen and oxygen atoms in total. The highest BCUT2D eigenvalue weighted by Crippen LogP contribution is 2.24. The van der Waals surface area contributed by atoms with Crippen molar-refractivity contribution in [1.29, 1.82) is 0 Å². The smallest absolute Gasteiger partial charge is 0.251 e. The summed E-state index contributed by atoms with van der Waals surface area (Å²) < 4.78 is 0. The fourth-order valence-electron chi connectivity index (χ4n) is 2.81. The van der Waals surface area contributed by atoms with Gasteiger partial charge in [-0.15, -0.1) is 0 Å². The van der Waals surface area contributed by atoms with Crippen LogP contribution < -0.4 is 11.3 Å². The molecule has 0 aliphatic carbocycles. The van der Waals surface area contributed by atoms with Crippen molar-refractivity contribution in [2.75, 3.05) is 13.1 Å². The number of hydrogen-bond acceptors (Lipinski definition) is 3. The van der Waals surface area contributed by atoms with Crippen molar-refractivity contribution in [2.45, 2.75) is 46.1 Å². The van der Waals surface area contributed by atoms with Crippen LogP contribution in [-0.4, -0.2) is 29.9 Å². The Morgan fingerprint density at radius 1 is 1.44 bits per heavy atom. The molecule has 0 radical (unpaired) electrons. The SMILES string of the molecule is CCC[C@@H](C(=O)NN)N1C[C@H](C)C[C@H](C)C1. The van der Waals surface area contributed by atoms with E-state index in [1.54, 1.807) is 0 Å². The van der Waals surface area contributed by atoms with Crippen molar-refractivity contribution >= 4 is 5.91 Å². The summed E-state index contributed by atoms with van der Waals surface area (Å²) in [6.07, 6.45) is 3.17. The van der Waals surface area contributed by atoms with Crippen LogP contribution in [-0.2, 0) is 4.79 Å². The first-order valence-corrected chi connectivity index (χ1v) is 6.33. The molecular weight excluding hydrogens is 202 g/mol. The lowest BCUT2D eigenvalue weighted by atomic mass is 9.90. The maximum absolute atomic E-state index is 11.7. The molecule has 1 rings (SSSR count). The number of amides is 1. The van der Waals surface area contributed by atoms with E-state index in [2.05, 4.69) is 31.1 Å². The van der Waals surface area contributed by atoms with Crippen LogP contribution in [0.5, 0.6) is 0 Å². The topological polar surface area (TPSA) is 58.4 Å². The molecule has 0 aromatic heterocycles. The van der Waals surface area contributed by atoms with Gasteiger partial charge in [0.1, 0.15) is 0 Å². The van der Waals surface area contributed by atoms with Gasteiger partial charge < -0.3 is 0 Å². The second-order valence-corrected chi connectivity index (χ2v) is 5.21. The molecule has 3 N–H and O–H groups in total. The molecule has 1 heterocycles. The third kappa shape index (κ3) is 3.46. The van der Waals surface area contributed by atoms with Crippen molar-refractivity contribution in [3.05, 3.63) is 0 Å². The fourth-order valence-corrected chi connectivity index (χ4v) is 2.81. The van der Waals surface area contributed by atoms with Crippen LogP contribution in [0.4, 0.5) is 0 Å². The van der Waals surface area contributed by atoms with Gasteiger partial charge in [-0.25, -0.2) is 5.84 Å². The van der Waals surface area contributed by atoms with E-state index >= 15 is 0 Å². The van der Waals surface area contributed by atoms with Gasteiger partial charge in [0.2, 0.25) is 0 Å².